The maximum atomic E-state index is 12.9. The molecule has 3 rings (SSSR count). The zero-order valence-corrected chi connectivity index (χ0v) is 16.8. The minimum Gasteiger partial charge on any atom is -0.329 e. The van der Waals surface area contributed by atoms with Crippen molar-refractivity contribution < 1.29 is 9.59 Å². The molecule has 6 heteroatoms. The fraction of sp³-hybridized carbons (Fsp3) is 0.227. The van der Waals surface area contributed by atoms with Gasteiger partial charge in [-0.15, -0.1) is 11.3 Å². The lowest BCUT2D eigenvalue weighted by atomic mass is 10.0. The number of benzene rings is 2. The Labute approximate surface area is 169 Å². The Morgan fingerprint density at radius 2 is 1.71 bits per heavy atom. The zero-order valence-electron chi connectivity index (χ0n) is 16.0. The van der Waals surface area contributed by atoms with Crippen LogP contribution in [0.1, 0.15) is 29.4 Å². The molecule has 1 heterocycles. The first-order valence-corrected chi connectivity index (χ1v) is 10.1. The van der Waals surface area contributed by atoms with Crippen LogP contribution >= 0.6 is 11.3 Å². The molecule has 0 bridgehead atoms. The molecule has 28 heavy (non-hydrogen) atoms. The summed E-state index contributed by atoms with van der Waals surface area (Å²) in [6, 6.07) is 17.5. The Kier molecular flexibility index (Phi) is 6.55. The van der Waals surface area contributed by atoms with Crippen LogP contribution in [0.15, 0.2) is 60.0 Å². The summed E-state index contributed by atoms with van der Waals surface area (Å²) in [5.74, 6) is -0.385. The number of nitrogens with one attached hydrogen (secondary N) is 1. The van der Waals surface area contributed by atoms with Crippen LogP contribution in [0.2, 0.25) is 0 Å². The summed E-state index contributed by atoms with van der Waals surface area (Å²) in [4.78, 5) is 31.1. The first kappa shape index (κ1) is 19.8. The third-order valence-electron chi connectivity index (χ3n) is 4.22. The van der Waals surface area contributed by atoms with Gasteiger partial charge in [-0.2, -0.15) is 0 Å². The van der Waals surface area contributed by atoms with E-state index in [0.29, 0.717) is 17.2 Å². The van der Waals surface area contributed by atoms with Gasteiger partial charge in [0.15, 0.2) is 5.13 Å². The lowest BCUT2D eigenvalue weighted by molar-refractivity contribution is -0.116. The fourth-order valence-electron chi connectivity index (χ4n) is 2.88. The number of amides is 2. The molecule has 0 aliphatic carbocycles. The van der Waals surface area contributed by atoms with Crippen LogP contribution in [0.25, 0.3) is 11.1 Å². The van der Waals surface area contributed by atoms with E-state index < -0.39 is 0 Å². The van der Waals surface area contributed by atoms with Crippen LogP contribution in [0.3, 0.4) is 0 Å². The molecule has 2 amide bonds. The predicted molar refractivity (Wildman–Crippen MR) is 114 cm³/mol. The molecule has 0 atom stereocenters. The summed E-state index contributed by atoms with van der Waals surface area (Å²) < 4.78 is 0. The molecule has 3 aromatic rings. The summed E-state index contributed by atoms with van der Waals surface area (Å²) in [6.07, 6.45) is 0.775. The molecule has 0 aliphatic rings. The average Bonchev–Trinajstić information content (AvgIpc) is 3.12. The first-order chi connectivity index (χ1) is 13.6. The lowest BCUT2D eigenvalue weighted by Gasteiger charge is -2.21. The van der Waals surface area contributed by atoms with E-state index in [-0.39, 0.29) is 18.4 Å². The van der Waals surface area contributed by atoms with E-state index in [1.807, 2.05) is 73.8 Å². The lowest BCUT2D eigenvalue weighted by Crippen LogP contribution is -2.38. The quantitative estimate of drug-likeness (QED) is 0.638. The van der Waals surface area contributed by atoms with Gasteiger partial charge in [-0.3, -0.25) is 9.59 Å². The Bertz CT molecular complexity index is 936. The number of aryl methyl sites for hydroxylation is 1. The summed E-state index contributed by atoms with van der Waals surface area (Å²) >= 11 is 1.38. The molecule has 5 nitrogen and oxygen atoms in total. The van der Waals surface area contributed by atoms with Crippen LogP contribution in [0, 0.1) is 6.92 Å². The maximum absolute atomic E-state index is 12.9. The largest absolute Gasteiger partial charge is 0.329 e. The van der Waals surface area contributed by atoms with E-state index in [2.05, 4.69) is 10.3 Å². The number of hydrogen-bond donors (Lipinski definition) is 1. The van der Waals surface area contributed by atoms with E-state index in [9.17, 15) is 9.59 Å². The van der Waals surface area contributed by atoms with E-state index in [1.165, 1.54) is 11.3 Å². The molecular weight excluding hydrogens is 370 g/mol. The summed E-state index contributed by atoms with van der Waals surface area (Å²) in [5, 5.41) is 5.19. The molecule has 0 saturated heterocycles. The maximum Gasteiger partial charge on any atom is 0.254 e. The Morgan fingerprint density at radius 1 is 1.04 bits per heavy atom. The average molecular weight is 394 g/mol. The number of thiazole rings is 1. The predicted octanol–water partition coefficient (Wildman–Crippen LogP) is 4.61. The van der Waals surface area contributed by atoms with Crippen molar-refractivity contribution in [2.24, 2.45) is 0 Å². The van der Waals surface area contributed by atoms with Crippen molar-refractivity contribution in [3.63, 3.8) is 0 Å². The van der Waals surface area contributed by atoms with Crippen molar-refractivity contribution in [1.29, 1.82) is 0 Å². The van der Waals surface area contributed by atoms with Gasteiger partial charge in [-0.05, 0) is 36.6 Å². The molecule has 0 aliphatic heterocycles. The topological polar surface area (TPSA) is 62.3 Å². The van der Waals surface area contributed by atoms with Gasteiger partial charge in [-0.25, -0.2) is 4.98 Å². The van der Waals surface area contributed by atoms with Crippen molar-refractivity contribution >= 4 is 28.3 Å². The van der Waals surface area contributed by atoms with Gasteiger partial charge >= 0.3 is 0 Å². The standard InChI is InChI=1S/C22H23N3O2S/c1-3-13-25(14-20(26)24-22-23-16(2)15-28-22)21(27)19-11-9-18(10-12-19)17-7-5-4-6-8-17/h4-12,15H,3,13-14H2,1-2H3,(H,23,24,26). The number of carbonyl (C=O) groups is 2. The van der Waals surface area contributed by atoms with Gasteiger partial charge in [0.2, 0.25) is 5.91 Å². The number of anilines is 1. The molecule has 1 aromatic heterocycles. The first-order valence-electron chi connectivity index (χ1n) is 9.23. The number of rotatable bonds is 7. The number of aromatic nitrogens is 1. The van der Waals surface area contributed by atoms with Crippen LogP contribution in [-0.4, -0.2) is 34.8 Å². The molecule has 144 valence electrons. The van der Waals surface area contributed by atoms with Gasteiger partial charge in [0, 0.05) is 17.5 Å². The molecule has 0 radical (unpaired) electrons. The van der Waals surface area contributed by atoms with Crippen LogP contribution in [0.4, 0.5) is 5.13 Å². The second-order valence-electron chi connectivity index (χ2n) is 6.51. The normalized spacial score (nSPS) is 10.5. The highest BCUT2D eigenvalue weighted by Crippen LogP contribution is 2.20. The minimum atomic E-state index is -0.239. The Hall–Kier alpha value is -2.99. The van der Waals surface area contributed by atoms with Gasteiger partial charge in [-0.1, -0.05) is 49.4 Å². The van der Waals surface area contributed by atoms with Gasteiger partial charge < -0.3 is 10.2 Å². The summed E-state index contributed by atoms with van der Waals surface area (Å²) in [5.41, 5.74) is 3.59. The highest BCUT2D eigenvalue weighted by atomic mass is 32.1. The van der Waals surface area contributed by atoms with Crippen molar-refractivity contribution in [2.45, 2.75) is 20.3 Å². The second-order valence-corrected chi connectivity index (χ2v) is 7.37. The SMILES string of the molecule is CCCN(CC(=O)Nc1nc(C)cs1)C(=O)c1ccc(-c2ccccc2)cc1. The molecule has 0 saturated carbocycles. The monoisotopic (exact) mass is 393 g/mol. The fourth-order valence-corrected chi connectivity index (χ4v) is 3.59. The summed E-state index contributed by atoms with van der Waals surface area (Å²) in [6.45, 7) is 4.38. The highest BCUT2D eigenvalue weighted by molar-refractivity contribution is 7.13. The number of hydrogen-bond acceptors (Lipinski definition) is 4. The smallest absolute Gasteiger partial charge is 0.254 e. The van der Waals surface area contributed by atoms with Crippen molar-refractivity contribution in [3.8, 4) is 11.1 Å². The van der Waals surface area contributed by atoms with E-state index in [4.69, 9.17) is 0 Å². The second kappa shape index (κ2) is 9.28. The molecule has 2 aromatic carbocycles. The molecule has 1 N–H and O–H groups in total. The molecule has 0 spiro atoms. The van der Waals surface area contributed by atoms with Crippen LogP contribution < -0.4 is 5.32 Å². The van der Waals surface area contributed by atoms with Crippen molar-refractivity contribution in [2.75, 3.05) is 18.4 Å². The van der Waals surface area contributed by atoms with Crippen LogP contribution in [-0.2, 0) is 4.79 Å². The van der Waals surface area contributed by atoms with Gasteiger partial charge in [0.05, 0.1) is 5.69 Å². The van der Waals surface area contributed by atoms with Gasteiger partial charge in [0.25, 0.3) is 5.91 Å². The van der Waals surface area contributed by atoms with E-state index in [1.54, 1.807) is 4.90 Å². The number of carbonyl (C=O) groups excluding carboxylic acids is 2. The van der Waals surface area contributed by atoms with Crippen molar-refractivity contribution in [1.82, 2.24) is 9.88 Å². The molecule has 0 fully saturated rings. The van der Waals surface area contributed by atoms with E-state index in [0.717, 1.165) is 23.2 Å². The molecule has 0 unspecified atom stereocenters. The minimum absolute atomic E-state index is 0.00569. The van der Waals surface area contributed by atoms with Crippen molar-refractivity contribution in [3.05, 3.63) is 71.2 Å². The zero-order chi connectivity index (χ0) is 19.9. The van der Waals surface area contributed by atoms with E-state index >= 15 is 0 Å². The van der Waals surface area contributed by atoms with Crippen LogP contribution in [0.5, 0.6) is 0 Å². The number of nitrogens with zero attached hydrogens (tertiary/aromatic N) is 2. The summed E-state index contributed by atoms with van der Waals surface area (Å²) in [7, 11) is 0. The third kappa shape index (κ3) is 5.04. The Morgan fingerprint density at radius 3 is 2.32 bits per heavy atom. The molecular formula is C22H23N3O2S. The van der Waals surface area contributed by atoms with Gasteiger partial charge in [0.1, 0.15) is 6.54 Å². The highest BCUT2D eigenvalue weighted by Gasteiger charge is 2.19. The Balaban J connectivity index is 1.69. The third-order valence-corrected chi connectivity index (χ3v) is 5.10.